The van der Waals surface area contributed by atoms with Crippen LogP contribution in [0, 0.1) is 21.4 Å². The van der Waals surface area contributed by atoms with Crippen molar-refractivity contribution in [3.63, 3.8) is 0 Å². The second kappa shape index (κ2) is 6.88. The minimum atomic E-state index is -0.361. The van der Waals surface area contributed by atoms with Crippen LogP contribution in [0.25, 0.3) is 0 Å². The monoisotopic (exact) mass is 354 g/mol. The summed E-state index contributed by atoms with van der Waals surface area (Å²) in [5.41, 5.74) is 7.49. The van der Waals surface area contributed by atoms with Gasteiger partial charge in [-0.2, -0.15) is 0 Å². The first-order chi connectivity index (χ1) is 9.99. The van der Waals surface area contributed by atoms with Crippen molar-refractivity contribution in [2.45, 2.75) is 45.4 Å². The van der Waals surface area contributed by atoms with Crippen LogP contribution in [0.1, 0.15) is 44.6 Å². The first kappa shape index (κ1) is 16.4. The zero-order chi connectivity index (χ0) is 15.5. The molecule has 1 aliphatic rings. The van der Waals surface area contributed by atoms with Gasteiger partial charge < -0.3 is 5.73 Å². The average molecular weight is 355 g/mol. The van der Waals surface area contributed by atoms with E-state index in [4.69, 9.17) is 5.73 Å². The van der Waals surface area contributed by atoms with Gasteiger partial charge in [0.25, 0.3) is 5.69 Å². The summed E-state index contributed by atoms with van der Waals surface area (Å²) in [4.78, 5) is 10.4. The topological polar surface area (TPSA) is 69.2 Å². The number of nitro benzene ring substituents is 1. The van der Waals surface area contributed by atoms with Gasteiger partial charge >= 0.3 is 0 Å². The Morgan fingerprint density at radius 3 is 2.57 bits per heavy atom. The lowest BCUT2D eigenvalue weighted by Crippen LogP contribution is -2.36. The average Bonchev–Trinajstić information content (AvgIpc) is 2.50. The van der Waals surface area contributed by atoms with E-state index < -0.39 is 0 Å². The van der Waals surface area contributed by atoms with Crippen molar-refractivity contribution in [3.8, 4) is 0 Å². The van der Waals surface area contributed by atoms with Crippen LogP contribution in [0.3, 0.4) is 0 Å². The molecule has 0 amide bonds. The van der Waals surface area contributed by atoms with Crippen molar-refractivity contribution in [2.24, 2.45) is 17.1 Å². The first-order valence-electron chi connectivity index (χ1n) is 7.62. The van der Waals surface area contributed by atoms with Crippen LogP contribution in [0.2, 0.25) is 0 Å². The molecule has 5 heteroatoms. The molecule has 1 saturated carbocycles. The van der Waals surface area contributed by atoms with Gasteiger partial charge in [0.1, 0.15) is 0 Å². The molecule has 0 saturated heterocycles. The number of benzene rings is 1. The van der Waals surface area contributed by atoms with Crippen molar-refractivity contribution in [3.05, 3.63) is 38.3 Å². The normalized spacial score (nSPS) is 25.8. The summed E-state index contributed by atoms with van der Waals surface area (Å²) >= 11 is 3.48. The van der Waals surface area contributed by atoms with Gasteiger partial charge in [-0.3, -0.25) is 10.1 Å². The van der Waals surface area contributed by atoms with Crippen LogP contribution in [0.5, 0.6) is 0 Å². The molecule has 1 aliphatic carbocycles. The number of hydrogen-bond donors (Lipinski definition) is 1. The second-order valence-electron chi connectivity index (χ2n) is 6.27. The molecule has 1 fully saturated rings. The number of rotatable bonds is 5. The molecule has 0 heterocycles. The molecule has 0 unspecified atom stereocenters. The van der Waals surface area contributed by atoms with Crippen LogP contribution >= 0.6 is 15.9 Å². The van der Waals surface area contributed by atoms with E-state index in [1.54, 1.807) is 12.1 Å². The highest BCUT2D eigenvalue weighted by Gasteiger charge is 2.34. The van der Waals surface area contributed by atoms with Gasteiger partial charge in [-0.05, 0) is 55.5 Å². The van der Waals surface area contributed by atoms with E-state index in [9.17, 15) is 10.1 Å². The Bertz CT molecular complexity index is 511. The maximum Gasteiger partial charge on any atom is 0.270 e. The van der Waals surface area contributed by atoms with E-state index >= 15 is 0 Å². The van der Waals surface area contributed by atoms with Gasteiger partial charge in [0, 0.05) is 16.6 Å². The molecule has 1 aromatic rings. The molecule has 0 aliphatic heterocycles. The Kier molecular flexibility index (Phi) is 5.38. The maximum absolute atomic E-state index is 10.8. The highest BCUT2D eigenvalue weighted by atomic mass is 79.9. The predicted molar refractivity (Wildman–Crippen MR) is 88.2 cm³/mol. The van der Waals surface area contributed by atoms with Crippen molar-refractivity contribution >= 4 is 21.6 Å². The van der Waals surface area contributed by atoms with Crippen molar-refractivity contribution in [2.75, 3.05) is 6.54 Å². The summed E-state index contributed by atoms with van der Waals surface area (Å²) in [6.07, 6.45) is 6.97. The minimum Gasteiger partial charge on any atom is -0.330 e. The zero-order valence-corrected chi connectivity index (χ0v) is 14.1. The lowest BCUT2D eigenvalue weighted by Gasteiger charge is -2.39. The van der Waals surface area contributed by atoms with Crippen LogP contribution in [0.15, 0.2) is 22.7 Å². The molecule has 0 aromatic heterocycles. The van der Waals surface area contributed by atoms with E-state index in [1.165, 1.54) is 19.3 Å². The van der Waals surface area contributed by atoms with E-state index in [0.29, 0.717) is 6.54 Å². The predicted octanol–water partition coefficient (Wildman–Crippen LogP) is 4.45. The molecule has 4 nitrogen and oxygen atoms in total. The molecule has 0 spiro atoms. The van der Waals surface area contributed by atoms with E-state index in [2.05, 4.69) is 22.9 Å². The van der Waals surface area contributed by atoms with Crippen LogP contribution < -0.4 is 5.73 Å². The maximum atomic E-state index is 10.8. The Morgan fingerprint density at radius 2 is 2.10 bits per heavy atom. The number of halogens is 1. The van der Waals surface area contributed by atoms with Gasteiger partial charge in [0.15, 0.2) is 0 Å². The molecule has 0 bridgehead atoms. The summed E-state index contributed by atoms with van der Waals surface area (Å²) in [5.74, 6) is 0.838. The summed E-state index contributed by atoms with van der Waals surface area (Å²) in [7, 11) is 0. The second-order valence-corrected chi connectivity index (χ2v) is 7.12. The van der Waals surface area contributed by atoms with Crippen molar-refractivity contribution < 1.29 is 4.92 Å². The number of nitro groups is 1. The van der Waals surface area contributed by atoms with Gasteiger partial charge in [0.2, 0.25) is 0 Å². The summed E-state index contributed by atoms with van der Waals surface area (Å²) in [6, 6.07) is 5.05. The number of non-ortho nitro benzene ring substituents is 1. The molecule has 116 valence electrons. The highest BCUT2D eigenvalue weighted by Crippen LogP contribution is 2.42. The molecule has 0 radical (unpaired) electrons. The molecule has 21 heavy (non-hydrogen) atoms. The zero-order valence-electron chi connectivity index (χ0n) is 12.5. The van der Waals surface area contributed by atoms with Crippen LogP contribution in [0.4, 0.5) is 5.69 Å². The Balaban J connectivity index is 2.14. The lowest BCUT2D eigenvalue weighted by molar-refractivity contribution is -0.384. The van der Waals surface area contributed by atoms with Crippen molar-refractivity contribution in [1.82, 2.24) is 0 Å². The van der Waals surface area contributed by atoms with Gasteiger partial charge in [-0.15, -0.1) is 0 Å². The molecule has 1 aromatic carbocycles. The summed E-state index contributed by atoms with van der Waals surface area (Å²) in [6.45, 7) is 2.94. The quantitative estimate of drug-likeness (QED) is 0.627. The van der Waals surface area contributed by atoms with Gasteiger partial charge in [-0.1, -0.05) is 35.3 Å². The van der Waals surface area contributed by atoms with Crippen LogP contribution in [-0.2, 0) is 6.42 Å². The lowest BCUT2D eigenvalue weighted by atomic mass is 9.67. The third kappa shape index (κ3) is 3.83. The van der Waals surface area contributed by atoms with Gasteiger partial charge in [0.05, 0.1) is 4.92 Å². The van der Waals surface area contributed by atoms with Crippen LogP contribution in [-0.4, -0.2) is 11.5 Å². The van der Waals surface area contributed by atoms with Crippen molar-refractivity contribution in [1.29, 1.82) is 0 Å². The smallest absolute Gasteiger partial charge is 0.270 e. The highest BCUT2D eigenvalue weighted by molar-refractivity contribution is 9.10. The fourth-order valence-corrected chi connectivity index (χ4v) is 3.86. The standard InChI is InChI=1S/C16H23BrN2O2/c1-2-12-5-7-16(11-18,8-6-12)10-13-3-4-14(19(20)21)9-15(13)17/h3-4,9,12H,2,5-8,10-11,18H2,1H3. The summed E-state index contributed by atoms with van der Waals surface area (Å²) in [5, 5.41) is 10.8. The van der Waals surface area contributed by atoms with E-state index in [0.717, 1.165) is 35.2 Å². The number of nitrogens with zero attached hydrogens (tertiary/aromatic N) is 1. The van der Waals surface area contributed by atoms with Gasteiger partial charge in [-0.25, -0.2) is 0 Å². The van der Waals surface area contributed by atoms with E-state index in [1.807, 2.05) is 6.07 Å². The third-order valence-corrected chi connectivity index (χ3v) is 5.73. The minimum absolute atomic E-state index is 0.127. The Hall–Kier alpha value is -0.940. The SMILES string of the molecule is CCC1CCC(CN)(Cc2ccc([N+](=O)[O-])cc2Br)CC1. The largest absolute Gasteiger partial charge is 0.330 e. The molecular formula is C16H23BrN2O2. The molecule has 2 N–H and O–H groups in total. The number of nitrogens with two attached hydrogens (primary N) is 1. The number of hydrogen-bond acceptors (Lipinski definition) is 3. The third-order valence-electron chi connectivity index (χ3n) is 4.99. The fraction of sp³-hybridized carbons (Fsp3) is 0.625. The first-order valence-corrected chi connectivity index (χ1v) is 8.42. The Morgan fingerprint density at radius 1 is 1.43 bits per heavy atom. The molecule has 0 atom stereocenters. The molecule has 2 rings (SSSR count). The molecular weight excluding hydrogens is 332 g/mol. The fourth-order valence-electron chi connectivity index (χ4n) is 3.35. The van der Waals surface area contributed by atoms with E-state index in [-0.39, 0.29) is 16.0 Å². The summed E-state index contributed by atoms with van der Waals surface area (Å²) < 4.78 is 0.821. The Labute approximate surface area is 134 Å².